The number of nitrogens with two attached hydrogens (primary N) is 2. The van der Waals surface area contributed by atoms with Crippen molar-refractivity contribution >= 4 is 33.0 Å². The molecule has 0 spiro atoms. The smallest absolute Gasteiger partial charge is 0.284 e. The number of rotatable bonds is 6. The molecule has 34 heavy (non-hydrogen) atoms. The molecule has 3 aromatic rings. The van der Waals surface area contributed by atoms with Gasteiger partial charge in [0.1, 0.15) is 17.4 Å². The minimum Gasteiger partial charge on any atom is -0.507 e. The third-order valence-corrected chi connectivity index (χ3v) is 5.93. The number of allylic oxidation sites excluding steroid dienone is 1. The number of benzene rings is 3. The Bertz CT molecular complexity index is 1450. The highest BCUT2D eigenvalue weighted by Crippen LogP contribution is 2.31. The molecule has 0 fully saturated rings. The second kappa shape index (κ2) is 9.41. The van der Waals surface area contributed by atoms with Crippen molar-refractivity contribution in [2.45, 2.75) is 11.8 Å². The lowest BCUT2D eigenvalue weighted by atomic mass is 10.0. The average molecular weight is 487 g/mol. The molecule has 0 aromatic heterocycles. The van der Waals surface area contributed by atoms with Crippen LogP contribution in [0.5, 0.6) is 5.75 Å². The number of phenolic OH excluding ortho intramolecular Hbond substituents is 1. The molecule has 0 aliphatic heterocycles. The summed E-state index contributed by atoms with van der Waals surface area (Å²) in [6, 6.07) is 13.0. The van der Waals surface area contributed by atoms with E-state index in [9.17, 15) is 27.1 Å². The minimum atomic E-state index is -4.07. The highest BCUT2D eigenvalue weighted by atomic mass is 32.2. The van der Waals surface area contributed by atoms with Crippen molar-refractivity contribution in [1.29, 1.82) is 5.41 Å². The van der Waals surface area contributed by atoms with Gasteiger partial charge in [0.15, 0.2) is 5.83 Å². The van der Waals surface area contributed by atoms with Gasteiger partial charge in [-0.1, -0.05) is 24.3 Å². The van der Waals surface area contributed by atoms with Crippen LogP contribution in [0.3, 0.4) is 0 Å². The van der Waals surface area contributed by atoms with Gasteiger partial charge in [-0.15, -0.1) is 0 Å². The number of amidine groups is 1. The molecule has 0 bridgehead atoms. The molecule has 0 heterocycles. The molecule has 0 atom stereocenters. The van der Waals surface area contributed by atoms with E-state index < -0.39 is 27.6 Å². The Morgan fingerprint density at radius 1 is 1.09 bits per heavy atom. The lowest BCUT2D eigenvalue weighted by molar-refractivity contribution is -0.114. The van der Waals surface area contributed by atoms with Crippen LogP contribution in [0.15, 0.2) is 71.4 Å². The molecule has 0 saturated carbocycles. The zero-order chi connectivity index (χ0) is 25.2. The lowest BCUT2D eigenvalue weighted by Gasteiger charge is -2.12. The van der Waals surface area contributed by atoms with Crippen LogP contribution in [-0.4, -0.2) is 25.3 Å². The summed E-state index contributed by atoms with van der Waals surface area (Å²) in [5.74, 6) is -4.16. The first-order chi connectivity index (χ1) is 15.9. The fourth-order valence-electron chi connectivity index (χ4n) is 3.21. The molecule has 3 aromatic carbocycles. The molecule has 1 amide bonds. The van der Waals surface area contributed by atoms with Crippen LogP contribution in [0, 0.1) is 11.2 Å². The van der Waals surface area contributed by atoms with Gasteiger partial charge in [-0.3, -0.25) is 10.2 Å². The van der Waals surface area contributed by atoms with E-state index in [0.717, 1.165) is 12.1 Å². The number of nitrogens with one attached hydrogen (secondary N) is 2. The molecule has 0 aliphatic rings. The van der Waals surface area contributed by atoms with Crippen molar-refractivity contribution in [2.75, 3.05) is 5.32 Å². The summed E-state index contributed by atoms with van der Waals surface area (Å²) in [7, 11) is -4.07. The van der Waals surface area contributed by atoms with Crippen LogP contribution >= 0.6 is 0 Å². The number of nitrogen functional groups attached to an aromatic ring is 1. The SMILES string of the molecule is C/C(=C(\F)C(=O)Nc1ccc(-c2ccccc2S(N)(=O)=O)cc1F)c1cc(C(=N)N)ccc1O. The van der Waals surface area contributed by atoms with Crippen molar-refractivity contribution in [3.8, 4) is 16.9 Å². The molecule has 176 valence electrons. The maximum Gasteiger partial charge on any atom is 0.284 e. The third kappa shape index (κ3) is 5.11. The predicted octanol–water partition coefficient (Wildman–Crippen LogP) is 3.47. The summed E-state index contributed by atoms with van der Waals surface area (Å²) >= 11 is 0. The van der Waals surface area contributed by atoms with Crippen LogP contribution in [-0.2, 0) is 14.8 Å². The molecule has 11 heteroatoms. The maximum atomic E-state index is 14.8. The number of halogens is 2. The summed E-state index contributed by atoms with van der Waals surface area (Å²) in [6.45, 7) is 1.23. The van der Waals surface area contributed by atoms with Crippen LogP contribution in [0.4, 0.5) is 14.5 Å². The van der Waals surface area contributed by atoms with Gasteiger partial charge < -0.3 is 16.2 Å². The summed E-state index contributed by atoms with van der Waals surface area (Å²) < 4.78 is 53.1. The van der Waals surface area contributed by atoms with E-state index in [-0.39, 0.29) is 50.0 Å². The predicted molar refractivity (Wildman–Crippen MR) is 125 cm³/mol. The fraction of sp³-hybridized carbons (Fsp3) is 0.0435. The number of aromatic hydroxyl groups is 1. The number of amides is 1. The zero-order valence-corrected chi connectivity index (χ0v) is 18.6. The molecular weight excluding hydrogens is 466 g/mol. The third-order valence-electron chi connectivity index (χ3n) is 4.96. The van der Waals surface area contributed by atoms with Gasteiger partial charge >= 0.3 is 0 Å². The number of hydrogen-bond donors (Lipinski definition) is 5. The number of hydrogen-bond acceptors (Lipinski definition) is 5. The Kier molecular flexibility index (Phi) is 6.80. The molecular formula is C23H20F2N4O4S. The van der Waals surface area contributed by atoms with E-state index >= 15 is 0 Å². The number of phenols is 1. The Hall–Kier alpha value is -4.09. The van der Waals surface area contributed by atoms with Crippen molar-refractivity contribution < 1.29 is 27.1 Å². The highest BCUT2D eigenvalue weighted by Gasteiger charge is 2.20. The van der Waals surface area contributed by atoms with Gasteiger partial charge in [-0.25, -0.2) is 22.3 Å². The number of primary sulfonamides is 1. The molecule has 0 saturated heterocycles. The first-order valence-electron chi connectivity index (χ1n) is 9.67. The van der Waals surface area contributed by atoms with E-state index in [1.54, 1.807) is 6.07 Å². The average Bonchev–Trinajstić information content (AvgIpc) is 2.79. The highest BCUT2D eigenvalue weighted by molar-refractivity contribution is 7.89. The van der Waals surface area contributed by atoms with Gasteiger partial charge in [0.2, 0.25) is 10.0 Å². The Balaban J connectivity index is 1.92. The van der Waals surface area contributed by atoms with Crippen molar-refractivity contribution in [1.82, 2.24) is 0 Å². The number of sulfonamides is 1. The summed E-state index contributed by atoms with van der Waals surface area (Å²) in [6.07, 6.45) is 0. The minimum absolute atomic E-state index is 0.0595. The normalized spacial score (nSPS) is 12.1. The number of anilines is 1. The quantitative estimate of drug-likeness (QED) is 0.205. The largest absolute Gasteiger partial charge is 0.507 e. The number of carbonyl (C=O) groups is 1. The molecule has 7 N–H and O–H groups in total. The van der Waals surface area contributed by atoms with Crippen LogP contribution in [0.2, 0.25) is 0 Å². The first kappa shape index (κ1) is 24.6. The van der Waals surface area contributed by atoms with Crippen LogP contribution < -0.4 is 16.2 Å². The second-order valence-corrected chi connectivity index (χ2v) is 8.80. The second-order valence-electron chi connectivity index (χ2n) is 7.27. The Labute approximate surface area is 194 Å². The summed E-state index contributed by atoms with van der Waals surface area (Å²) in [4.78, 5) is 12.2. The molecule has 0 aliphatic carbocycles. The monoisotopic (exact) mass is 486 g/mol. The first-order valence-corrected chi connectivity index (χ1v) is 11.2. The van der Waals surface area contributed by atoms with Crippen molar-refractivity contribution in [3.05, 3.63) is 83.4 Å². The van der Waals surface area contributed by atoms with Crippen molar-refractivity contribution in [2.24, 2.45) is 10.9 Å². The van der Waals surface area contributed by atoms with Gasteiger partial charge in [0.05, 0.1) is 10.6 Å². The fourth-order valence-corrected chi connectivity index (χ4v) is 3.97. The van der Waals surface area contributed by atoms with E-state index in [2.05, 4.69) is 5.32 Å². The standard InChI is InChI=1S/C23H20F2N4O4S/c1-12(16-10-14(22(26)27)7-9-19(16)30)21(25)23(31)29-18-8-6-13(11-17(18)24)15-4-2-3-5-20(15)34(28,32)33/h2-11,30H,1H3,(H3,26,27)(H,29,31)(H2,28,32,33)/b21-12+. The van der Waals surface area contributed by atoms with E-state index in [0.29, 0.717) is 0 Å². The van der Waals surface area contributed by atoms with Gasteiger partial charge in [-0.2, -0.15) is 0 Å². The summed E-state index contributed by atoms with van der Waals surface area (Å²) in [5, 5.41) is 24.8. The molecule has 8 nitrogen and oxygen atoms in total. The maximum absolute atomic E-state index is 14.8. The topological polar surface area (TPSA) is 159 Å². The number of carbonyl (C=O) groups excluding carboxylic acids is 1. The molecule has 3 rings (SSSR count). The van der Waals surface area contributed by atoms with Gasteiger partial charge in [0, 0.05) is 22.3 Å². The Morgan fingerprint density at radius 2 is 1.76 bits per heavy atom. The Morgan fingerprint density at radius 3 is 2.38 bits per heavy atom. The van der Waals surface area contributed by atoms with E-state index in [1.165, 1.54) is 49.4 Å². The van der Waals surface area contributed by atoms with Gasteiger partial charge in [0.25, 0.3) is 5.91 Å². The van der Waals surface area contributed by atoms with Crippen LogP contribution in [0.25, 0.3) is 16.7 Å². The van der Waals surface area contributed by atoms with Crippen molar-refractivity contribution in [3.63, 3.8) is 0 Å². The van der Waals surface area contributed by atoms with Crippen LogP contribution in [0.1, 0.15) is 18.1 Å². The summed E-state index contributed by atoms with van der Waals surface area (Å²) in [5.41, 5.74) is 5.28. The zero-order valence-electron chi connectivity index (χ0n) is 17.8. The lowest BCUT2D eigenvalue weighted by Crippen LogP contribution is -2.15. The molecule has 0 radical (unpaired) electrons. The molecule has 0 unspecified atom stereocenters. The van der Waals surface area contributed by atoms with E-state index in [4.69, 9.17) is 16.3 Å². The van der Waals surface area contributed by atoms with E-state index in [1.807, 2.05) is 0 Å². The van der Waals surface area contributed by atoms with Gasteiger partial charge in [-0.05, 0) is 48.9 Å².